The Labute approximate surface area is 98.8 Å². The van der Waals surface area contributed by atoms with E-state index in [1.807, 2.05) is 0 Å². The molecule has 0 aromatic rings. The minimum absolute atomic E-state index is 0. The van der Waals surface area contributed by atoms with Gasteiger partial charge in [-0.1, -0.05) is 35.4 Å². The summed E-state index contributed by atoms with van der Waals surface area (Å²) in [6.45, 7) is 5.58. The summed E-state index contributed by atoms with van der Waals surface area (Å²) in [6.07, 6.45) is 11.4. The summed E-state index contributed by atoms with van der Waals surface area (Å²) < 4.78 is 0. The Morgan fingerprint density at radius 2 is 2.33 bits per heavy atom. The van der Waals surface area contributed by atoms with Gasteiger partial charge in [0, 0.05) is 27.0 Å². The van der Waals surface area contributed by atoms with Gasteiger partial charge in [-0.3, -0.25) is 6.08 Å². The van der Waals surface area contributed by atoms with Crippen LogP contribution in [0.4, 0.5) is 0 Å². The Kier molecular flexibility index (Phi) is 14.2. The van der Waals surface area contributed by atoms with Crippen LogP contribution in [-0.4, -0.2) is 5.33 Å². The first-order chi connectivity index (χ1) is 5.35. The fourth-order valence-electron chi connectivity index (χ4n) is 0.693. The predicted octanol–water partition coefficient (Wildman–Crippen LogP) is 3.65. The quantitative estimate of drug-likeness (QED) is 0.308. The van der Waals surface area contributed by atoms with E-state index < -0.39 is 0 Å². The summed E-state index contributed by atoms with van der Waals surface area (Å²) in [5.74, 6) is 0. The van der Waals surface area contributed by atoms with Crippen LogP contribution >= 0.6 is 15.9 Å². The van der Waals surface area contributed by atoms with E-state index in [1.165, 1.54) is 5.57 Å². The molecule has 1 aliphatic carbocycles. The van der Waals surface area contributed by atoms with Crippen molar-refractivity contribution < 1.29 is 21.7 Å². The first-order valence-corrected chi connectivity index (χ1v) is 4.90. The SMILES string of the molecule is C=CCBr.CCC1=[C-]CC=C1.[Ti]. The van der Waals surface area contributed by atoms with Crippen LogP contribution in [0.25, 0.3) is 0 Å². The Hall–Kier alpha value is 0.414. The van der Waals surface area contributed by atoms with Crippen molar-refractivity contribution in [1.29, 1.82) is 0 Å². The molecule has 0 aromatic carbocycles. The third kappa shape index (κ3) is 8.51. The number of halogens is 1. The van der Waals surface area contributed by atoms with Gasteiger partial charge in [0.1, 0.15) is 0 Å². The van der Waals surface area contributed by atoms with E-state index in [-0.39, 0.29) is 21.7 Å². The van der Waals surface area contributed by atoms with Crippen molar-refractivity contribution >= 4 is 15.9 Å². The number of hydrogen-bond donors (Lipinski definition) is 0. The number of hydrogen-bond acceptors (Lipinski definition) is 0. The zero-order valence-electron chi connectivity index (χ0n) is 7.44. The van der Waals surface area contributed by atoms with Crippen LogP contribution < -0.4 is 0 Å². The van der Waals surface area contributed by atoms with Crippen molar-refractivity contribution in [3.8, 4) is 0 Å². The van der Waals surface area contributed by atoms with Crippen molar-refractivity contribution in [1.82, 2.24) is 0 Å². The normalized spacial score (nSPS) is 12.3. The van der Waals surface area contributed by atoms with Gasteiger partial charge in [-0.05, 0) is 0 Å². The van der Waals surface area contributed by atoms with E-state index in [4.69, 9.17) is 0 Å². The summed E-state index contributed by atoms with van der Waals surface area (Å²) in [5, 5.41) is 0.896. The average Bonchev–Trinajstić information content (AvgIpc) is 2.56. The molecule has 1 rings (SSSR count). The van der Waals surface area contributed by atoms with Gasteiger partial charge in [0.2, 0.25) is 0 Å². The summed E-state index contributed by atoms with van der Waals surface area (Å²) in [6, 6.07) is 0. The fraction of sp³-hybridized carbons (Fsp3) is 0.400. The van der Waals surface area contributed by atoms with Gasteiger partial charge in [-0.25, -0.2) is 11.6 Å². The van der Waals surface area contributed by atoms with Gasteiger partial charge < -0.3 is 0 Å². The molecule has 12 heavy (non-hydrogen) atoms. The second-order valence-corrected chi connectivity index (χ2v) is 2.75. The summed E-state index contributed by atoms with van der Waals surface area (Å²) in [7, 11) is 0. The molecule has 0 bridgehead atoms. The monoisotopic (exact) mass is 261 g/mol. The van der Waals surface area contributed by atoms with E-state index in [2.05, 4.69) is 47.7 Å². The van der Waals surface area contributed by atoms with Gasteiger partial charge >= 0.3 is 0 Å². The maximum Gasteiger partial charge on any atom is 0.0209 e. The van der Waals surface area contributed by atoms with Crippen LogP contribution in [0.1, 0.15) is 19.8 Å². The Bertz CT molecular complexity index is 159. The molecule has 1 aliphatic rings. The summed E-state index contributed by atoms with van der Waals surface area (Å²) in [5.41, 5.74) is 1.36. The zero-order valence-corrected chi connectivity index (χ0v) is 10.6. The van der Waals surface area contributed by atoms with Crippen LogP contribution in [-0.2, 0) is 21.7 Å². The van der Waals surface area contributed by atoms with E-state index in [9.17, 15) is 0 Å². The maximum atomic E-state index is 3.43. The third-order valence-corrected chi connectivity index (χ3v) is 1.71. The molecule has 2 heteroatoms. The van der Waals surface area contributed by atoms with Crippen molar-refractivity contribution in [2.75, 3.05) is 5.33 Å². The second-order valence-electron chi connectivity index (χ2n) is 2.11. The zero-order chi connectivity index (χ0) is 8.53. The molecule has 0 amide bonds. The smallest absolute Gasteiger partial charge is 0.0209 e. The predicted molar refractivity (Wildman–Crippen MR) is 54.8 cm³/mol. The summed E-state index contributed by atoms with van der Waals surface area (Å²) >= 11 is 3.13. The molecule has 0 nitrogen and oxygen atoms in total. The molecule has 0 saturated heterocycles. The molecule has 0 atom stereocenters. The summed E-state index contributed by atoms with van der Waals surface area (Å²) in [4.78, 5) is 0. The van der Waals surface area contributed by atoms with Gasteiger partial charge in [-0.15, -0.1) is 13.0 Å². The molecule has 0 fully saturated rings. The molecule has 0 aromatic heterocycles. The standard InChI is InChI=1S/C7H9.C3H5Br.Ti/c1-2-7-5-3-4-6-7;1-2-3-4;/h3,5H,2,4H2,1H3;2H,1,3H2;/q-1;;. The van der Waals surface area contributed by atoms with Crippen LogP contribution in [0.5, 0.6) is 0 Å². The van der Waals surface area contributed by atoms with Gasteiger partial charge in [0.05, 0.1) is 0 Å². The van der Waals surface area contributed by atoms with E-state index >= 15 is 0 Å². The van der Waals surface area contributed by atoms with Crippen molar-refractivity contribution in [2.45, 2.75) is 19.8 Å². The van der Waals surface area contributed by atoms with Crippen molar-refractivity contribution in [2.24, 2.45) is 0 Å². The second kappa shape index (κ2) is 11.4. The molecule has 0 heterocycles. The fourth-order valence-corrected chi connectivity index (χ4v) is 0.693. The van der Waals surface area contributed by atoms with Crippen LogP contribution in [0.15, 0.2) is 30.4 Å². The van der Waals surface area contributed by atoms with Crippen molar-refractivity contribution in [3.63, 3.8) is 0 Å². The molecule has 0 unspecified atom stereocenters. The molecule has 0 saturated carbocycles. The largest absolute Gasteiger partial charge is 0.270 e. The Morgan fingerprint density at radius 3 is 2.50 bits per heavy atom. The van der Waals surface area contributed by atoms with E-state index in [0.717, 1.165) is 18.2 Å². The number of rotatable bonds is 2. The number of allylic oxidation sites excluding steroid dienone is 5. The average molecular weight is 262 g/mol. The van der Waals surface area contributed by atoms with Crippen LogP contribution in [0.3, 0.4) is 0 Å². The molecular formula is C10H14BrTi-. The first kappa shape index (κ1) is 14.9. The molecule has 0 N–H and O–H groups in total. The molecule has 0 spiro atoms. The van der Waals surface area contributed by atoms with Gasteiger partial charge in [0.15, 0.2) is 0 Å². The minimum Gasteiger partial charge on any atom is -0.270 e. The molecule has 0 radical (unpaired) electrons. The third-order valence-electron chi connectivity index (χ3n) is 1.26. The molecule has 66 valence electrons. The Morgan fingerprint density at radius 1 is 1.75 bits per heavy atom. The molecular weight excluding hydrogens is 248 g/mol. The van der Waals surface area contributed by atoms with E-state index in [0.29, 0.717) is 0 Å². The molecule has 0 aliphatic heterocycles. The Balaban J connectivity index is 0. The number of alkyl halides is 1. The van der Waals surface area contributed by atoms with Gasteiger partial charge in [-0.2, -0.15) is 6.08 Å². The van der Waals surface area contributed by atoms with Crippen molar-refractivity contribution in [3.05, 3.63) is 36.5 Å². The first-order valence-electron chi connectivity index (χ1n) is 3.78. The topological polar surface area (TPSA) is 0 Å². The van der Waals surface area contributed by atoms with Crippen LogP contribution in [0, 0.1) is 6.08 Å². The van der Waals surface area contributed by atoms with Gasteiger partial charge in [0.25, 0.3) is 0 Å². The minimum atomic E-state index is 0. The van der Waals surface area contributed by atoms with Crippen LogP contribution in [0.2, 0.25) is 0 Å². The van der Waals surface area contributed by atoms with E-state index in [1.54, 1.807) is 6.08 Å². The maximum absolute atomic E-state index is 3.43.